The summed E-state index contributed by atoms with van der Waals surface area (Å²) in [6, 6.07) is 0. The summed E-state index contributed by atoms with van der Waals surface area (Å²) in [5.41, 5.74) is 0. The second-order valence-electron chi connectivity index (χ2n) is 6.60. The summed E-state index contributed by atoms with van der Waals surface area (Å²) in [5, 5.41) is 9.37. The average Bonchev–Trinajstić information content (AvgIpc) is 3.24. The van der Waals surface area contributed by atoms with Gasteiger partial charge in [0.15, 0.2) is 0 Å². The molecule has 22 heavy (non-hydrogen) atoms. The summed E-state index contributed by atoms with van der Waals surface area (Å²) in [5.74, 6) is -1.06. The normalized spacial score (nSPS) is 32.4. The van der Waals surface area contributed by atoms with Gasteiger partial charge in [-0.25, -0.2) is 0 Å². The molecule has 0 spiro atoms. The van der Waals surface area contributed by atoms with E-state index >= 15 is 0 Å². The van der Waals surface area contributed by atoms with Gasteiger partial charge in [-0.05, 0) is 37.5 Å². The summed E-state index contributed by atoms with van der Waals surface area (Å²) in [6.07, 6.45) is 3.56. The molecule has 3 fully saturated rings. The molecular weight excluding hydrogens is 308 g/mol. The molecular formula is C14H24N2O5S. The SMILES string of the molecule is COC1CCN(S(=O)(=O)N2C[C@H](C(=O)O)[C@@H](C3CC3)C2)CC1. The maximum atomic E-state index is 12.8. The number of rotatable bonds is 5. The second-order valence-corrected chi connectivity index (χ2v) is 8.53. The number of carbonyl (C=O) groups is 1. The van der Waals surface area contributed by atoms with Crippen LogP contribution in [0.15, 0.2) is 0 Å². The molecule has 2 heterocycles. The molecule has 8 heteroatoms. The predicted molar refractivity (Wildman–Crippen MR) is 79.4 cm³/mol. The largest absolute Gasteiger partial charge is 0.481 e. The van der Waals surface area contributed by atoms with Crippen molar-refractivity contribution in [3.8, 4) is 0 Å². The zero-order valence-electron chi connectivity index (χ0n) is 12.8. The third kappa shape index (κ3) is 3.02. The number of nitrogens with zero attached hydrogens (tertiary/aromatic N) is 2. The number of carboxylic acid groups (broad SMARTS) is 1. The molecule has 1 aliphatic carbocycles. The smallest absolute Gasteiger partial charge is 0.308 e. The van der Waals surface area contributed by atoms with E-state index in [0.717, 1.165) is 12.8 Å². The van der Waals surface area contributed by atoms with Gasteiger partial charge in [0.2, 0.25) is 0 Å². The van der Waals surface area contributed by atoms with Crippen molar-refractivity contribution >= 4 is 16.2 Å². The molecule has 2 atom stereocenters. The van der Waals surface area contributed by atoms with E-state index in [0.29, 0.717) is 38.4 Å². The number of aliphatic carboxylic acids is 1. The third-order valence-electron chi connectivity index (χ3n) is 5.26. The van der Waals surface area contributed by atoms with Crippen LogP contribution >= 0.6 is 0 Å². The van der Waals surface area contributed by atoms with Crippen molar-refractivity contribution in [3.05, 3.63) is 0 Å². The molecule has 126 valence electrons. The van der Waals surface area contributed by atoms with Crippen LogP contribution in [0.5, 0.6) is 0 Å². The summed E-state index contributed by atoms with van der Waals surface area (Å²) in [4.78, 5) is 11.4. The highest BCUT2D eigenvalue weighted by Crippen LogP contribution is 2.45. The van der Waals surface area contributed by atoms with Gasteiger partial charge < -0.3 is 9.84 Å². The molecule has 0 aromatic rings. The fourth-order valence-electron chi connectivity index (χ4n) is 3.71. The Kier molecular flexibility index (Phi) is 4.46. The lowest BCUT2D eigenvalue weighted by atomic mass is 9.92. The first-order valence-corrected chi connectivity index (χ1v) is 9.34. The molecule has 1 N–H and O–H groups in total. The minimum absolute atomic E-state index is 0.0243. The molecule has 3 aliphatic rings. The van der Waals surface area contributed by atoms with Crippen molar-refractivity contribution in [2.45, 2.75) is 31.8 Å². The number of ether oxygens (including phenoxy) is 1. The van der Waals surface area contributed by atoms with Crippen LogP contribution in [0.25, 0.3) is 0 Å². The highest BCUT2D eigenvalue weighted by molar-refractivity contribution is 7.86. The maximum Gasteiger partial charge on any atom is 0.308 e. The van der Waals surface area contributed by atoms with E-state index in [1.54, 1.807) is 7.11 Å². The molecule has 2 saturated heterocycles. The van der Waals surface area contributed by atoms with Gasteiger partial charge in [-0.2, -0.15) is 17.0 Å². The lowest BCUT2D eigenvalue weighted by Crippen LogP contribution is -2.47. The molecule has 0 unspecified atom stereocenters. The fraction of sp³-hybridized carbons (Fsp3) is 0.929. The van der Waals surface area contributed by atoms with Crippen LogP contribution in [0.4, 0.5) is 0 Å². The van der Waals surface area contributed by atoms with Gasteiger partial charge >= 0.3 is 5.97 Å². The highest BCUT2D eigenvalue weighted by Gasteiger charge is 2.49. The first kappa shape index (κ1) is 16.2. The molecule has 0 amide bonds. The summed E-state index contributed by atoms with van der Waals surface area (Å²) >= 11 is 0. The Bertz CT molecular complexity index is 525. The quantitative estimate of drug-likeness (QED) is 0.787. The van der Waals surface area contributed by atoms with E-state index in [-0.39, 0.29) is 18.6 Å². The van der Waals surface area contributed by atoms with Gasteiger partial charge in [0.25, 0.3) is 10.2 Å². The molecule has 0 bridgehead atoms. The molecule has 1 saturated carbocycles. The fourth-order valence-corrected chi connectivity index (χ4v) is 5.41. The Morgan fingerprint density at radius 2 is 1.73 bits per heavy atom. The first-order valence-electron chi connectivity index (χ1n) is 7.94. The predicted octanol–water partition coefficient (Wildman–Crippen LogP) is 0.385. The number of methoxy groups -OCH3 is 1. The van der Waals surface area contributed by atoms with E-state index in [1.165, 1.54) is 8.61 Å². The second kappa shape index (κ2) is 6.07. The van der Waals surface area contributed by atoms with Crippen molar-refractivity contribution in [2.24, 2.45) is 17.8 Å². The number of piperidine rings is 1. The van der Waals surface area contributed by atoms with Crippen LogP contribution in [0.2, 0.25) is 0 Å². The van der Waals surface area contributed by atoms with Crippen LogP contribution < -0.4 is 0 Å². The monoisotopic (exact) mass is 332 g/mol. The van der Waals surface area contributed by atoms with E-state index < -0.39 is 22.1 Å². The molecule has 0 aromatic carbocycles. The standard InChI is InChI=1S/C14H24N2O5S/c1-21-11-4-6-15(7-5-11)22(19,20)16-8-12(10-2-3-10)13(9-16)14(17)18/h10-13H,2-9H2,1H3,(H,17,18)/t12-,13+/m1/s1. The topological polar surface area (TPSA) is 87.2 Å². The van der Waals surface area contributed by atoms with Crippen LogP contribution in [0.1, 0.15) is 25.7 Å². The molecule has 0 radical (unpaired) electrons. The minimum Gasteiger partial charge on any atom is -0.481 e. The Balaban J connectivity index is 1.69. The van der Waals surface area contributed by atoms with Crippen LogP contribution in [0.3, 0.4) is 0 Å². The number of carboxylic acids is 1. The molecule has 3 rings (SSSR count). The molecule has 0 aromatic heterocycles. The summed E-state index contributed by atoms with van der Waals surface area (Å²) < 4.78 is 33.7. The Morgan fingerprint density at radius 3 is 2.23 bits per heavy atom. The third-order valence-corrected chi connectivity index (χ3v) is 7.23. The lowest BCUT2D eigenvalue weighted by Gasteiger charge is -2.33. The van der Waals surface area contributed by atoms with Crippen molar-refractivity contribution in [2.75, 3.05) is 33.3 Å². The highest BCUT2D eigenvalue weighted by atomic mass is 32.2. The number of hydrogen-bond acceptors (Lipinski definition) is 4. The van der Waals surface area contributed by atoms with Gasteiger partial charge in [0.1, 0.15) is 0 Å². The van der Waals surface area contributed by atoms with Crippen LogP contribution in [-0.4, -0.2) is 67.5 Å². The van der Waals surface area contributed by atoms with E-state index in [9.17, 15) is 18.3 Å². The van der Waals surface area contributed by atoms with Crippen molar-refractivity contribution in [1.29, 1.82) is 0 Å². The molecule has 7 nitrogen and oxygen atoms in total. The van der Waals surface area contributed by atoms with Crippen molar-refractivity contribution in [3.63, 3.8) is 0 Å². The van der Waals surface area contributed by atoms with Crippen molar-refractivity contribution in [1.82, 2.24) is 8.61 Å². The Labute approximate surface area is 131 Å². The van der Waals surface area contributed by atoms with Crippen LogP contribution in [-0.2, 0) is 19.7 Å². The van der Waals surface area contributed by atoms with Gasteiger partial charge in [0, 0.05) is 33.3 Å². The maximum absolute atomic E-state index is 12.8. The zero-order chi connectivity index (χ0) is 15.9. The Hall–Kier alpha value is -0.700. The van der Waals surface area contributed by atoms with Crippen LogP contribution in [0, 0.1) is 17.8 Å². The summed E-state index contributed by atoms with van der Waals surface area (Å²) in [7, 11) is -1.90. The van der Waals surface area contributed by atoms with E-state index in [1.807, 2.05) is 0 Å². The minimum atomic E-state index is -3.55. The van der Waals surface area contributed by atoms with Gasteiger partial charge in [-0.1, -0.05) is 0 Å². The van der Waals surface area contributed by atoms with Gasteiger partial charge in [0.05, 0.1) is 12.0 Å². The van der Waals surface area contributed by atoms with Crippen molar-refractivity contribution < 1.29 is 23.1 Å². The average molecular weight is 332 g/mol. The number of hydrogen-bond donors (Lipinski definition) is 1. The summed E-state index contributed by atoms with van der Waals surface area (Å²) in [6.45, 7) is 1.36. The lowest BCUT2D eigenvalue weighted by molar-refractivity contribution is -0.142. The van der Waals surface area contributed by atoms with E-state index in [2.05, 4.69) is 0 Å². The van der Waals surface area contributed by atoms with E-state index in [4.69, 9.17) is 4.74 Å². The Morgan fingerprint density at radius 1 is 1.09 bits per heavy atom. The zero-order valence-corrected chi connectivity index (χ0v) is 13.7. The van der Waals surface area contributed by atoms with Gasteiger partial charge in [-0.3, -0.25) is 4.79 Å². The first-order chi connectivity index (χ1) is 10.4. The molecule has 2 aliphatic heterocycles. The van der Waals surface area contributed by atoms with Gasteiger partial charge in [-0.15, -0.1) is 0 Å².